The predicted octanol–water partition coefficient (Wildman–Crippen LogP) is 4.73. The molecule has 2 N–H and O–H groups in total. The molecule has 122 valence electrons. The van der Waals surface area contributed by atoms with Crippen molar-refractivity contribution in [3.8, 4) is 0 Å². The Morgan fingerprint density at radius 2 is 1.83 bits per heavy atom. The Kier molecular flexibility index (Phi) is 6.72. The third-order valence-corrected chi connectivity index (χ3v) is 4.32. The number of amides is 1. The second kappa shape index (κ2) is 8.55. The van der Waals surface area contributed by atoms with Crippen LogP contribution in [0.4, 0.5) is 5.69 Å². The molecule has 0 aromatic heterocycles. The average Bonchev–Trinajstić information content (AvgIpc) is 2.49. The second-order valence-corrected chi connectivity index (χ2v) is 6.43. The Balaban J connectivity index is 1.75. The summed E-state index contributed by atoms with van der Waals surface area (Å²) in [4.78, 5) is 11.9. The monoisotopic (exact) mass is 370 g/mol. The van der Waals surface area contributed by atoms with Crippen molar-refractivity contribution >= 4 is 46.4 Å². The highest BCUT2D eigenvalue weighted by Crippen LogP contribution is 2.21. The van der Waals surface area contributed by atoms with E-state index in [4.69, 9.17) is 34.8 Å². The number of benzene rings is 2. The molecule has 3 nitrogen and oxygen atoms in total. The van der Waals surface area contributed by atoms with Crippen LogP contribution < -0.4 is 10.6 Å². The van der Waals surface area contributed by atoms with Gasteiger partial charge in [0.25, 0.3) is 0 Å². The number of anilines is 1. The molecule has 0 radical (unpaired) electrons. The van der Waals surface area contributed by atoms with E-state index in [2.05, 4.69) is 10.6 Å². The Morgan fingerprint density at radius 3 is 2.52 bits per heavy atom. The minimum atomic E-state index is -0.118. The molecule has 2 aromatic carbocycles. The maximum Gasteiger partial charge on any atom is 0.238 e. The molecule has 2 rings (SSSR count). The quantitative estimate of drug-likeness (QED) is 0.721. The zero-order valence-corrected chi connectivity index (χ0v) is 14.9. The van der Waals surface area contributed by atoms with Crippen molar-refractivity contribution in [2.45, 2.75) is 13.3 Å². The van der Waals surface area contributed by atoms with Gasteiger partial charge in [0.05, 0.1) is 6.54 Å². The lowest BCUT2D eigenvalue weighted by Gasteiger charge is -2.09. The number of rotatable bonds is 6. The molecule has 0 aliphatic rings. The van der Waals surface area contributed by atoms with E-state index in [0.29, 0.717) is 27.3 Å². The standard InChI is InChI=1S/C17H17Cl3N2O/c1-11-2-5-14(9-15(11)19)22-17(23)10-21-7-6-12-3-4-13(18)8-16(12)20/h2-5,8-9,21H,6-7,10H2,1H3,(H,22,23). The van der Waals surface area contributed by atoms with Crippen LogP contribution >= 0.6 is 34.8 Å². The Hall–Kier alpha value is -1.26. The molecular weight excluding hydrogens is 355 g/mol. The highest BCUT2D eigenvalue weighted by molar-refractivity contribution is 6.35. The Morgan fingerprint density at radius 1 is 1.04 bits per heavy atom. The van der Waals surface area contributed by atoms with Crippen molar-refractivity contribution in [1.29, 1.82) is 0 Å². The molecule has 23 heavy (non-hydrogen) atoms. The SMILES string of the molecule is Cc1ccc(NC(=O)CNCCc2ccc(Cl)cc2Cl)cc1Cl. The van der Waals surface area contributed by atoms with Crippen molar-refractivity contribution in [3.63, 3.8) is 0 Å². The van der Waals surface area contributed by atoms with Gasteiger partial charge in [-0.25, -0.2) is 0 Å². The molecule has 0 unspecified atom stereocenters. The number of aryl methyl sites for hydroxylation is 1. The summed E-state index contributed by atoms with van der Waals surface area (Å²) in [5.41, 5.74) is 2.66. The lowest BCUT2D eigenvalue weighted by atomic mass is 10.1. The van der Waals surface area contributed by atoms with Gasteiger partial charge in [0.2, 0.25) is 5.91 Å². The summed E-state index contributed by atoms with van der Waals surface area (Å²) in [6, 6.07) is 10.8. The first-order chi connectivity index (χ1) is 11.0. The van der Waals surface area contributed by atoms with Crippen molar-refractivity contribution in [2.75, 3.05) is 18.4 Å². The van der Waals surface area contributed by atoms with Crippen molar-refractivity contribution < 1.29 is 4.79 Å². The van der Waals surface area contributed by atoms with Gasteiger partial charge < -0.3 is 10.6 Å². The van der Waals surface area contributed by atoms with Gasteiger partial charge in [0, 0.05) is 20.8 Å². The van der Waals surface area contributed by atoms with Gasteiger partial charge in [-0.3, -0.25) is 4.79 Å². The van der Waals surface area contributed by atoms with E-state index < -0.39 is 0 Å². The molecule has 0 bridgehead atoms. The summed E-state index contributed by atoms with van der Waals surface area (Å²) in [6.07, 6.45) is 0.722. The van der Waals surface area contributed by atoms with Gasteiger partial charge in [0.15, 0.2) is 0 Å². The summed E-state index contributed by atoms with van der Waals surface area (Å²) in [5, 5.41) is 7.77. The molecule has 0 heterocycles. The minimum absolute atomic E-state index is 0.118. The van der Waals surface area contributed by atoms with E-state index in [9.17, 15) is 4.79 Å². The summed E-state index contributed by atoms with van der Waals surface area (Å²) in [5.74, 6) is -0.118. The van der Waals surface area contributed by atoms with E-state index in [0.717, 1.165) is 17.5 Å². The highest BCUT2D eigenvalue weighted by Gasteiger charge is 2.05. The topological polar surface area (TPSA) is 41.1 Å². The van der Waals surface area contributed by atoms with Gasteiger partial charge >= 0.3 is 0 Å². The number of hydrogen-bond acceptors (Lipinski definition) is 2. The van der Waals surface area contributed by atoms with Crippen LogP contribution in [-0.2, 0) is 11.2 Å². The average molecular weight is 372 g/mol. The first-order valence-electron chi connectivity index (χ1n) is 7.16. The fourth-order valence-corrected chi connectivity index (χ4v) is 2.71. The summed E-state index contributed by atoms with van der Waals surface area (Å²) in [7, 11) is 0. The number of nitrogens with one attached hydrogen (secondary N) is 2. The second-order valence-electron chi connectivity index (χ2n) is 5.17. The Bertz CT molecular complexity index is 704. The van der Waals surface area contributed by atoms with Gasteiger partial charge in [-0.05, 0) is 55.3 Å². The Labute approximate surface area is 150 Å². The largest absolute Gasteiger partial charge is 0.325 e. The van der Waals surface area contributed by atoms with E-state index >= 15 is 0 Å². The summed E-state index contributed by atoms with van der Waals surface area (Å²) in [6.45, 7) is 2.78. The molecule has 0 aliphatic carbocycles. The van der Waals surface area contributed by atoms with Crippen LogP contribution in [0.2, 0.25) is 15.1 Å². The molecule has 6 heteroatoms. The van der Waals surface area contributed by atoms with Crippen LogP contribution in [0.3, 0.4) is 0 Å². The van der Waals surface area contributed by atoms with E-state index in [1.165, 1.54) is 0 Å². The van der Waals surface area contributed by atoms with Crippen molar-refractivity contribution in [1.82, 2.24) is 5.32 Å². The highest BCUT2D eigenvalue weighted by atomic mass is 35.5. The zero-order valence-electron chi connectivity index (χ0n) is 12.6. The molecule has 0 fully saturated rings. The van der Waals surface area contributed by atoms with Crippen LogP contribution in [-0.4, -0.2) is 19.0 Å². The fourth-order valence-electron chi connectivity index (χ4n) is 2.03. The number of halogens is 3. The number of hydrogen-bond donors (Lipinski definition) is 2. The predicted molar refractivity (Wildman–Crippen MR) is 97.9 cm³/mol. The molecule has 0 saturated carbocycles. The molecule has 2 aromatic rings. The zero-order chi connectivity index (χ0) is 16.8. The molecule has 1 amide bonds. The lowest BCUT2D eigenvalue weighted by molar-refractivity contribution is -0.115. The van der Waals surface area contributed by atoms with E-state index in [1.54, 1.807) is 18.2 Å². The van der Waals surface area contributed by atoms with E-state index in [1.807, 2.05) is 25.1 Å². The summed E-state index contributed by atoms with van der Waals surface area (Å²) < 4.78 is 0. The van der Waals surface area contributed by atoms with Gasteiger partial charge in [0.1, 0.15) is 0 Å². The van der Waals surface area contributed by atoms with E-state index in [-0.39, 0.29) is 12.5 Å². The van der Waals surface area contributed by atoms with Crippen molar-refractivity contribution in [2.24, 2.45) is 0 Å². The van der Waals surface area contributed by atoms with Crippen LogP contribution in [0.1, 0.15) is 11.1 Å². The van der Waals surface area contributed by atoms with Crippen LogP contribution in [0.5, 0.6) is 0 Å². The fraction of sp³-hybridized carbons (Fsp3) is 0.235. The third-order valence-electron chi connectivity index (χ3n) is 3.33. The lowest BCUT2D eigenvalue weighted by Crippen LogP contribution is -2.29. The first-order valence-corrected chi connectivity index (χ1v) is 8.30. The minimum Gasteiger partial charge on any atom is -0.325 e. The smallest absolute Gasteiger partial charge is 0.238 e. The van der Waals surface area contributed by atoms with Crippen LogP contribution in [0.15, 0.2) is 36.4 Å². The van der Waals surface area contributed by atoms with Gasteiger partial charge in [-0.15, -0.1) is 0 Å². The first kappa shape index (κ1) is 18.1. The van der Waals surface area contributed by atoms with Crippen LogP contribution in [0, 0.1) is 6.92 Å². The number of carbonyl (C=O) groups excluding carboxylic acids is 1. The maximum absolute atomic E-state index is 11.9. The molecule has 0 saturated heterocycles. The van der Waals surface area contributed by atoms with Crippen molar-refractivity contribution in [3.05, 3.63) is 62.6 Å². The number of carbonyl (C=O) groups is 1. The molecule has 0 spiro atoms. The summed E-state index contributed by atoms with van der Waals surface area (Å²) >= 11 is 18.0. The van der Waals surface area contributed by atoms with Crippen LogP contribution in [0.25, 0.3) is 0 Å². The van der Waals surface area contributed by atoms with Gasteiger partial charge in [-0.1, -0.05) is 46.9 Å². The third kappa shape index (κ3) is 5.70. The molecular formula is C17H17Cl3N2O. The van der Waals surface area contributed by atoms with Gasteiger partial charge in [-0.2, -0.15) is 0 Å². The maximum atomic E-state index is 11.9. The molecule has 0 atom stereocenters. The normalized spacial score (nSPS) is 10.6. The molecule has 0 aliphatic heterocycles.